The minimum atomic E-state index is -0.135. The topological polar surface area (TPSA) is 65.4 Å². The van der Waals surface area contributed by atoms with Crippen molar-refractivity contribution in [1.29, 1.82) is 5.26 Å². The van der Waals surface area contributed by atoms with E-state index in [1.165, 1.54) is 10.4 Å². The number of benzene rings is 1. The van der Waals surface area contributed by atoms with Gasteiger partial charge in [-0.15, -0.1) is 11.3 Å². The van der Waals surface area contributed by atoms with Crippen LogP contribution in [0.2, 0.25) is 0 Å². The molecule has 2 aromatic rings. The van der Waals surface area contributed by atoms with E-state index in [-0.39, 0.29) is 18.6 Å². The van der Waals surface area contributed by atoms with Crippen molar-refractivity contribution in [1.82, 2.24) is 10.2 Å². The lowest BCUT2D eigenvalue weighted by Gasteiger charge is -2.32. The highest BCUT2D eigenvalue weighted by Crippen LogP contribution is 2.24. The molecule has 0 fully saturated rings. The van der Waals surface area contributed by atoms with E-state index in [0.29, 0.717) is 17.9 Å². The molecule has 25 heavy (non-hydrogen) atoms. The monoisotopic (exact) mass is 355 g/mol. The van der Waals surface area contributed by atoms with Gasteiger partial charge in [0.05, 0.1) is 11.6 Å². The zero-order chi connectivity index (χ0) is 17.6. The lowest BCUT2D eigenvalue weighted by atomic mass is 10.1. The number of thiophene rings is 1. The Hall–Kier alpha value is -2.36. The number of carbonyl (C=O) groups excluding carboxylic acids is 1. The van der Waals surface area contributed by atoms with Crippen LogP contribution in [0.4, 0.5) is 0 Å². The Morgan fingerprint density at radius 3 is 2.96 bits per heavy atom. The Balaban J connectivity index is 1.40. The van der Waals surface area contributed by atoms with Crippen molar-refractivity contribution in [3.05, 3.63) is 51.7 Å². The summed E-state index contributed by atoms with van der Waals surface area (Å²) < 4.78 is 5.45. The maximum absolute atomic E-state index is 12.0. The number of fused-ring (bicyclic) bond motifs is 1. The highest BCUT2D eigenvalue weighted by molar-refractivity contribution is 7.10. The van der Waals surface area contributed by atoms with Crippen LogP contribution in [0.15, 0.2) is 35.7 Å². The van der Waals surface area contributed by atoms with Gasteiger partial charge in [0.15, 0.2) is 6.61 Å². The highest BCUT2D eigenvalue weighted by Gasteiger charge is 2.21. The van der Waals surface area contributed by atoms with E-state index in [2.05, 4.69) is 28.6 Å². The number of rotatable bonds is 6. The normalized spacial score (nSPS) is 15.0. The number of carbonyl (C=O) groups is 1. The fourth-order valence-electron chi connectivity index (χ4n) is 2.86. The summed E-state index contributed by atoms with van der Waals surface area (Å²) >= 11 is 1.83. The second kappa shape index (κ2) is 8.15. The van der Waals surface area contributed by atoms with E-state index in [1.807, 2.05) is 17.4 Å². The molecule has 1 atom stereocenters. The third kappa shape index (κ3) is 4.59. The van der Waals surface area contributed by atoms with Gasteiger partial charge >= 0.3 is 0 Å². The predicted molar refractivity (Wildman–Crippen MR) is 97.6 cm³/mol. The molecule has 0 saturated carbocycles. The largest absolute Gasteiger partial charge is 0.484 e. The van der Waals surface area contributed by atoms with E-state index in [4.69, 9.17) is 10.00 Å². The predicted octanol–water partition coefficient (Wildman–Crippen LogP) is 2.56. The van der Waals surface area contributed by atoms with Gasteiger partial charge in [0.1, 0.15) is 5.75 Å². The fraction of sp³-hybridized carbons (Fsp3) is 0.368. The standard InChI is InChI=1S/C19H21N3O2S/c1-14(22-8-6-18-16(12-22)7-9-25-18)11-21-19(23)13-24-17-4-2-15(10-20)3-5-17/h2-5,7,9,14H,6,8,11-13H2,1H3,(H,21,23). The van der Waals surface area contributed by atoms with Gasteiger partial charge in [0.25, 0.3) is 5.91 Å². The van der Waals surface area contributed by atoms with Gasteiger partial charge in [0.2, 0.25) is 0 Å². The number of hydrogen-bond donors (Lipinski definition) is 1. The number of nitriles is 1. The molecule has 0 saturated heterocycles. The summed E-state index contributed by atoms with van der Waals surface area (Å²) in [5.41, 5.74) is 1.99. The van der Waals surface area contributed by atoms with Crippen LogP contribution in [0.3, 0.4) is 0 Å². The van der Waals surface area contributed by atoms with Gasteiger partial charge in [-0.2, -0.15) is 5.26 Å². The number of nitrogens with zero attached hydrogens (tertiary/aromatic N) is 2. The van der Waals surface area contributed by atoms with E-state index in [0.717, 1.165) is 19.5 Å². The van der Waals surface area contributed by atoms with Crippen LogP contribution in [0.1, 0.15) is 22.9 Å². The third-order valence-corrected chi connectivity index (χ3v) is 5.43. The first-order valence-electron chi connectivity index (χ1n) is 8.34. The Labute approximate surface area is 151 Å². The molecule has 1 amide bonds. The van der Waals surface area contributed by atoms with Crippen molar-refractivity contribution in [3.63, 3.8) is 0 Å². The summed E-state index contributed by atoms with van der Waals surface area (Å²) in [4.78, 5) is 15.9. The minimum absolute atomic E-state index is 0.0205. The Kier molecular flexibility index (Phi) is 5.69. The molecule has 1 aromatic heterocycles. The quantitative estimate of drug-likeness (QED) is 0.865. The van der Waals surface area contributed by atoms with Gasteiger partial charge in [-0.05, 0) is 54.6 Å². The van der Waals surface area contributed by atoms with Gasteiger partial charge in [-0.25, -0.2) is 0 Å². The minimum Gasteiger partial charge on any atom is -0.484 e. The van der Waals surface area contributed by atoms with Crippen LogP contribution in [0.25, 0.3) is 0 Å². The van der Waals surface area contributed by atoms with Crippen LogP contribution >= 0.6 is 11.3 Å². The van der Waals surface area contributed by atoms with Crippen LogP contribution < -0.4 is 10.1 Å². The van der Waals surface area contributed by atoms with Crippen molar-refractivity contribution in [2.45, 2.75) is 25.9 Å². The summed E-state index contributed by atoms with van der Waals surface area (Å²) in [5, 5.41) is 13.8. The third-order valence-electron chi connectivity index (χ3n) is 4.41. The highest BCUT2D eigenvalue weighted by atomic mass is 32.1. The lowest BCUT2D eigenvalue weighted by Crippen LogP contribution is -2.45. The molecule has 3 rings (SSSR count). The molecule has 130 valence electrons. The second-order valence-electron chi connectivity index (χ2n) is 6.17. The Bertz CT molecular complexity index is 764. The van der Waals surface area contributed by atoms with E-state index in [9.17, 15) is 4.79 Å². The van der Waals surface area contributed by atoms with Crippen molar-refractivity contribution in [2.24, 2.45) is 0 Å². The molecule has 1 aromatic carbocycles. The van der Waals surface area contributed by atoms with Gasteiger partial charge in [0, 0.05) is 30.6 Å². The van der Waals surface area contributed by atoms with Crippen molar-refractivity contribution in [3.8, 4) is 11.8 Å². The molecule has 0 radical (unpaired) electrons. The first kappa shape index (κ1) is 17.5. The zero-order valence-electron chi connectivity index (χ0n) is 14.2. The smallest absolute Gasteiger partial charge is 0.257 e. The molecule has 2 heterocycles. The van der Waals surface area contributed by atoms with E-state index < -0.39 is 0 Å². The average molecular weight is 355 g/mol. The molecule has 5 nitrogen and oxygen atoms in total. The maximum Gasteiger partial charge on any atom is 0.257 e. The molecule has 0 spiro atoms. The molecule has 1 aliphatic rings. The Morgan fingerprint density at radius 1 is 1.40 bits per heavy atom. The molecule has 0 aliphatic carbocycles. The molecule has 1 unspecified atom stereocenters. The summed E-state index contributed by atoms with van der Waals surface area (Å²) in [6.07, 6.45) is 1.09. The molecule has 6 heteroatoms. The van der Waals surface area contributed by atoms with Crippen LogP contribution in [0, 0.1) is 11.3 Å². The van der Waals surface area contributed by atoms with Gasteiger partial charge < -0.3 is 10.1 Å². The molecule has 0 bridgehead atoms. The van der Waals surface area contributed by atoms with Crippen molar-refractivity contribution < 1.29 is 9.53 Å². The first-order chi connectivity index (χ1) is 12.2. The summed E-state index contributed by atoms with van der Waals surface area (Å²) in [7, 11) is 0. The molecule has 1 N–H and O–H groups in total. The van der Waals surface area contributed by atoms with E-state index in [1.54, 1.807) is 24.3 Å². The van der Waals surface area contributed by atoms with Crippen molar-refractivity contribution >= 4 is 17.2 Å². The molecular weight excluding hydrogens is 334 g/mol. The summed E-state index contributed by atoms with van der Waals surface area (Å²) in [5.74, 6) is 0.452. The van der Waals surface area contributed by atoms with Crippen LogP contribution in [0.5, 0.6) is 5.75 Å². The summed E-state index contributed by atoms with van der Waals surface area (Å²) in [6.45, 7) is 4.71. The lowest BCUT2D eigenvalue weighted by molar-refractivity contribution is -0.123. The van der Waals surface area contributed by atoms with Gasteiger partial charge in [-0.1, -0.05) is 0 Å². The first-order valence-corrected chi connectivity index (χ1v) is 9.22. The Morgan fingerprint density at radius 2 is 2.20 bits per heavy atom. The number of nitrogens with one attached hydrogen (secondary N) is 1. The maximum atomic E-state index is 12.0. The fourth-order valence-corrected chi connectivity index (χ4v) is 3.75. The van der Waals surface area contributed by atoms with Gasteiger partial charge in [-0.3, -0.25) is 9.69 Å². The summed E-state index contributed by atoms with van der Waals surface area (Å²) in [6, 6.07) is 11.3. The number of amides is 1. The second-order valence-corrected chi connectivity index (χ2v) is 7.17. The number of ether oxygens (including phenoxy) is 1. The van der Waals surface area contributed by atoms with Crippen molar-refractivity contribution in [2.75, 3.05) is 19.7 Å². The molecule has 1 aliphatic heterocycles. The van der Waals surface area contributed by atoms with Crippen LogP contribution in [-0.2, 0) is 17.8 Å². The van der Waals surface area contributed by atoms with Crippen LogP contribution in [-0.4, -0.2) is 36.5 Å². The SMILES string of the molecule is CC(CNC(=O)COc1ccc(C#N)cc1)N1CCc2sccc2C1. The number of hydrogen-bond acceptors (Lipinski definition) is 5. The average Bonchev–Trinajstić information content (AvgIpc) is 3.12. The molecular formula is C19H21N3O2S. The van der Waals surface area contributed by atoms with E-state index >= 15 is 0 Å². The zero-order valence-corrected chi connectivity index (χ0v) is 15.0.